The number of hydrogen-bond donors (Lipinski definition) is 1. The molecule has 2 nitrogen and oxygen atoms in total. The second-order valence-electron chi connectivity index (χ2n) is 17.0. The molecule has 0 aromatic heterocycles. The zero-order valence-electron chi connectivity index (χ0n) is 26.4. The van der Waals surface area contributed by atoms with Crippen molar-refractivity contribution in [2.45, 2.75) is 126 Å². The average Bonchev–Trinajstić information content (AvgIpc) is 2.90. The van der Waals surface area contributed by atoms with E-state index in [1.165, 1.54) is 93.7 Å². The van der Waals surface area contributed by atoms with E-state index in [1.807, 2.05) is 0 Å². The van der Waals surface area contributed by atoms with E-state index in [9.17, 15) is 4.21 Å². The van der Waals surface area contributed by atoms with Crippen molar-refractivity contribution < 1.29 is 4.21 Å². The van der Waals surface area contributed by atoms with Crippen LogP contribution in [0.4, 0.5) is 0 Å². The first-order valence-corrected chi connectivity index (χ1v) is 19.7. The number of hydrogen-bond acceptors (Lipinski definition) is 1. The molecule has 10 rings (SSSR count). The van der Waals surface area contributed by atoms with Crippen molar-refractivity contribution >= 4 is 24.2 Å². The molecular weight excluding hydrogens is 549 g/mol. The zero-order valence-corrected chi connectivity index (χ0v) is 28.1. The van der Waals surface area contributed by atoms with Gasteiger partial charge in [-0.2, -0.15) is 0 Å². The molecule has 2 unspecified atom stereocenters. The molecule has 0 radical (unpaired) electrons. The fourth-order valence-corrected chi connectivity index (χ4v) is 18.3. The second kappa shape index (κ2) is 10.3. The second-order valence-corrected chi connectivity index (χ2v) is 22.0. The summed E-state index contributed by atoms with van der Waals surface area (Å²) in [7, 11) is -1.51. The summed E-state index contributed by atoms with van der Waals surface area (Å²) in [5.41, 5.74) is 4.04. The lowest BCUT2D eigenvalue weighted by Gasteiger charge is -2.67. The van der Waals surface area contributed by atoms with Gasteiger partial charge < -0.3 is 0 Å². The summed E-state index contributed by atoms with van der Waals surface area (Å²) in [6.07, 6.45) is 18.1. The van der Waals surface area contributed by atoms with Crippen molar-refractivity contribution in [3.05, 3.63) is 65.2 Å². The quantitative estimate of drug-likeness (QED) is 0.315. The molecule has 8 bridgehead atoms. The van der Waals surface area contributed by atoms with E-state index in [1.54, 1.807) is 5.30 Å². The van der Waals surface area contributed by atoms with Crippen LogP contribution in [0.3, 0.4) is 0 Å². The molecule has 8 saturated carbocycles. The summed E-state index contributed by atoms with van der Waals surface area (Å²) in [6.45, 7) is 8.56. The van der Waals surface area contributed by atoms with Crippen LogP contribution in [0, 0.1) is 42.4 Å². The molecule has 0 aliphatic heterocycles. The first-order valence-electron chi connectivity index (χ1n) is 17.2. The van der Waals surface area contributed by atoms with Gasteiger partial charge in [-0.25, -0.2) is 8.93 Å². The van der Waals surface area contributed by atoms with Gasteiger partial charge in [0.25, 0.3) is 0 Å². The molecule has 8 fully saturated rings. The van der Waals surface area contributed by atoms with Gasteiger partial charge in [-0.3, -0.25) is 0 Å². The van der Waals surface area contributed by atoms with Crippen LogP contribution >= 0.6 is 7.92 Å². The van der Waals surface area contributed by atoms with E-state index in [0.29, 0.717) is 10.3 Å². The maximum absolute atomic E-state index is 13.9. The van der Waals surface area contributed by atoms with Gasteiger partial charge in [-0.15, -0.1) is 0 Å². The van der Waals surface area contributed by atoms with E-state index >= 15 is 0 Å². The van der Waals surface area contributed by atoms with Crippen LogP contribution in [0.15, 0.2) is 48.5 Å². The number of nitrogens with one attached hydrogen (secondary N) is 1. The minimum atomic E-state index is -1.16. The van der Waals surface area contributed by atoms with E-state index in [-0.39, 0.29) is 18.7 Å². The summed E-state index contributed by atoms with van der Waals surface area (Å²) >= 11 is 0. The number of benzene rings is 2. The highest BCUT2D eigenvalue weighted by atomic mass is 32.2. The summed E-state index contributed by atoms with van der Waals surface area (Å²) < 4.78 is 17.3. The van der Waals surface area contributed by atoms with Crippen LogP contribution in [0.1, 0.15) is 121 Å². The molecule has 0 saturated heterocycles. The Hall–Kier alpha value is -1.02. The van der Waals surface area contributed by atoms with Crippen LogP contribution in [-0.4, -0.2) is 19.3 Å². The van der Waals surface area contributed by atoms with Crippen molar-refractivity contribution in [3.8, 4) is 0 Å². The Kier molecular flexibility index (Phi) is 6.94. The van der Waals surface area contributed by atoms with Gasteiger partial charge in [0, 0.05) is 0 Å². The Morgan fingerprint density at radius 3 is 1.52 bits per heavy atom. The third kappa shape index (κ3) is 4.73. The predicted molar refractivity (Wildman–Crippen MR) is 179 cm³/mol. The van der Waals surface area contributed by atoms with Crippen molar-refractivity contribution in [1.29, 1.82) is 0 Å². The molecule has 0 heterocycles. The van der Waals surface area contributed by atoms with Gasteiger partial charge >= 0.3 is 0 Å². The summed E-state index contributed by atoms with van der Waals surface area (Å²) in [6, 6.07) is 18.5. The van der Waals surface area contributed by atoms with Gasteiger partial charge in [-0.1, -0.05) is 56.5 Å². The fraction of sp³-hybridized carbons (Fsp3) is 0.684. The lowest BCUT2D eigenvalue weighted by Crippen LogP contribution is -2.58. The molecule has 2 aromatic rings. The Morgan fingerprint density at radius 2 is 1.10 bits per heavy atom. The van der Waals surface area contributed by atoms with Crippen molar-refractivity contribution in [3.63, 3.8) is 0 Å². The highest BCUT2D eigenvalue weighted by Crippen LogP contribution is 2.78. The maximum Gasteiger partial charge on any atom is 0.0979 e. The molecule has 1 N–H and O–H groups in total. The highest BCUT2D eigenvalue weighted by molar-refractivity contribution is 7.84. The first-order chi connectivity index (χ1) is 20.1. The zero-order chi connectivity index (χ0) is 28.9. The van der Waals surface area contributed by atoms with Crippen molar-refractivity contribution in [2.24, 2.45) is 35.5 Å². The third-order valence-corrected chi connectivity index (χ3v) is 18.2. The molecular formula is C38H52NOPS. The SMILES string of the molecule is Cc1ccccc1C(NS(=O)C(C)(C)C)c1ccccc1P(C12CC3CC(CC(C3)C1)C2)C12CC3CC(CC(C3)C1)C2. The molecule has 2 aromatic carbocycles. The topological polar surface area (TPSA) is 29.1 Å². The summed E-state index contributed by atoms with van der Waals surface area (Å²) in [5, 5.41) is 2.74. The van der Waals surface area contributed by atoms with Gasteiger partial charge in [0.2, 0.25) is 0 Å². The Balaban J connectivity index is 1.31. The molecule has 42 heavy (non-hydrogen) atoms. The van der Waals surface area contributed by atoms with Gasteiger partial charge in [0.15, 0.2) is 0 Å². The van der Waals surface area contributed by atoms with Gasteiger partial charge in [-0.05, 0) is 173 Å². The first kappa shape index (κ1) is 28.5. The Morgan fingerprint density at radius 1 is 0.690 bits per heavy atom. The molecule has 226 valence electrons. The van der Waals surface area contributed by atoms with Crippen LogP contribution in [0.25, 0.3) is 0 Å². The molecule has 8 aliphatic carbocycles. The average molecular weight is 602 g/mol. The van der Waals surface area contributed by atoms with Crippen LogP contribution in [0.5, 0.6) is 0 Å². The summed E-state index contributed by atoms with van der Waals surface area (Å²) in [4.78, 5) is 0. The van der Waals surface area contributed by atoms with E-state index in [2.05, 4.69) is 80.9 Å². The smallest absolute Gasteiger partial charge is 0.0979 e. The largest absolute Gasteiger partial charge is 0.242 e. The van der Waals surface area contributed by atoms with Crippen LogP contribution in [-0.2, 0) is 11.0 Å². The lowest BCUT2D eigenvalue weighted by atomic mass is 9.55. The predicted octanol–water partition coefficient (Wildman–Crippen LogP) is 9.18. The van der Waals surface area contributed by atoms with Crippen molar-refractivity contribution in [1.82, 2.24) is 4.72 Å². The molecule has 8 aliphatic rings. The minimum absolute atomic E-state index is 0.0460. The number of rotatable bonds is 7. The van der Waals surface area contributed by atoms with E-state index in [0.717, 1.165) is 35.5 Å². The van der Waals surface area contributed by atoms with Gasteiger partial charge in [0.05, 0.1) is 21.8 Å². The van der Waals surface area contributed by atoms with Crippen molar-refractivity contribution in [2.75, 3.05) is 0 Å². The Labute approximate surface area is 259 Å². The maximum atomic E-state index is 13.9. The van der Waals surface area contributed by atoms with Gasteiger partial charge in [0.1, 0.15) is 0 Å². The summed E-state index contributed by atoms with van der Waals surface area (Å²) in [5.74, 6) is 5.84. The third-order valence-electron chi connectivity index (χ3n) is 12.7. The fourth-order valence-electron chi connectivity index (χ4n) is 12.1. The standard InChI is InChI=1S/C38H52NOPS/c1-25-9-5-6-10-32(25)35(39-42(40)36(2,3)4)33-11-7-8-12-34(33)41(37-19-26-13-27(20-37)15-28(14-26)21-37)38-22-29-16-30(23-38)18-31(17-29)24-38/h5-12,26-31,35,39H,13-24H2,1-4H3. The highest BCUT2D eigenvalue weighted by Gasteiger charge is 2.63. The molecule has 0 amide bonds. The number of aryl methyl sites for hydroxylation is 1. The monoisotopic (exact) mass is 601 g/mol. The molecule has 0 spiro atoms. The molecule has 2 atom stereocenters. The van der Waals surface area contributed by atoms with Crippen LogP contribution in [0.2, 0.25) is 0 Å². The lowest BCUT2D eigenvalue weighted by molar-refractivity contribution is 0.0195. The van der Waals surface area contributed by atoms with E-state index in [4.69, 9.17) is 0 Å². The molecule has 4 heteroatoms. The normalized spacial score (nSPS) is 40.3. The van der Waals surface area contributed by atoms with E-state index < -0.39 is 11.0 Å². The minimum Gasteiger partial charge on any atom is -0.242 e. The van der Waals surface area contributed by atoms with Crippen LogP contribution < -0.4 is 10.0 Å². The Bertz CT molecular complexity index is 1260.